The van der Waals surface area contributed by atoms with Crippen molar-refractivity contribution >= 4 is 0 Å². The number of benzene rings is 1. The van der Waals surface area contributed by atoms with E-state index in [1.54, 1.807) is 25.1 Å². The predicted molar refractivity (Wildman–Crippen MR) is 64.6 cm³/mol. The molecule has 0 aliphatic rings. The Morgan fingerprint density at radius 1 is 1.17 bits per heavy atom. The summed E-state index contributed by atoms with van der Waals surface area (Å²) in [5.41, 5.74) is 1.53. The Hall–Kier alpha value is -2.08. The van der Waals surface area contributed by atoms with Crippen molar-refractivity contribution in [1.82, 2.24) is 15.0 Å². The van der Waals surface area contributed by atoms with E-state index in [9.17, 15) is 0 Å². The molecule has 0 saturated carbocycles. The maximum absolute atomic E-state index is 8.93. The summed E-state index contributed by atoms with van der Waals surface area (Å²) < 4.78 is 12.0. The van der Waals surface area contributed by atoms with Crippen molar-refractivity contribution in [2.24, 2.45) is 0 Å². The number of aliphatic hydroxyl groups is 1. The van der Waals surface area contributed by atoms with E-state index in [1.165, 1.54) is 0 Å². The second kappa shape index (κ2) is 5.50. The van der Waals surface area contributed by atoms with Crippen LogP contribution in [0.2, 0.25) is 0 Å². The van der Waals surface area contributed by atoms with Gasteiger partial charge >= 0.3 is 0 Å². The van der Waals surface area contributed by atoms with Gasteiger partial charge in [0.25, 0.3) is 0 Å². The second-order valence-corrected chi connectivity index (χ2v) is 3.79. The summed E-state index contributed by atoms with van der Waals surface area (Å²) in [7, 11) is 3.22. The molecule has 0 spiro atoms. The highest BCUT2D eigenvalue weighted by molar-refractivity contribution is 5.38. The topological polar surface area (TPSA) is 69.4 Å². The molecule has 0 bridgehead atoms. The minimum atomic E-state index is -0.110. The first-order valence-electron chi connectivity index (χ1n) is 5.47. The minimum Gasteiger partial charge on any atom is -0.497 e. The summed E-state index contributed by atoms with van der Waals surface area (Å²) in [5, 5.41) is 16.7. The number of aliphatic hydroxyl groups excluding tert-OH is 1. The Morgan fingerprint density at radius 2 is 1.83 bits per heavy atom. The highest BCUT2D eigenvalue weighted by Crippen LogP contribution is 2.22. The molecule has 2 aromatic rings. The molecule has 6 nitrogen and oxygen atoms in total. The molecule has 0 amide bonds. The molecule has 0 fully saturated rings. The molecule has 1 aromatic carbocycles. The van der Waals surface area contributed by atoms with Crippen LogP contribution in [0.15, 0.2) is 24.4 Å². The number of hydrogen-bond donors (Lipinski definition) is 1. The van der Waals surface area contributed by atoms with Gasteiger partial charge in [-0.3, -0.25) is 0 Å². The fourth-order valence-corrected chi connectivity index (χ4v) is 1.63. The number of hydrogen-bond acceptors (Lipinski definition) is 5. The number of methoxy groups -OCH3 is 2. The Morgan fingerprint density at radius 3 is 2.33 bits per heavy atom. The number of nitrogens with zero attached hydrogens (tertiary/aromatic N) is 3. The molecule has 1 N–H and O–H groups in total. The molecule has 0 aliphatic heterocycles. The van der Waals surface area contributed by atoms with Gasteiger partial charge in [0, 0.05) is 6.07 Å². The van der Waals surface area contributed by atoms with Gasteiger partial charge in [0.2, 0.25) is 0 Å². The first-order chi connectivity index (χ1) is 8.75. The SMILES string of the molecule is COc1cc(Cn2cc(CO)nn2)cc(OC)c1. The largest absolute Gasteiger partial charge is 0.497 e. The molecule has 1 heterocycles. The van der Waals surface area contributed by atoms with Crippen LogP contribution in [0.5, 0.6) is 11.5 Å². The van der Waals surface area contributed by atoms with E-state index < -0.39 is 0 Å². The van der Waals surface area contributed by atoms with Gasteiger partial charge in [0.15, 0.2) is 0 Å². The maximum atomic E-state index is 8.93. The lowest BCUT2D eigenvalue weighted by Crippen LogP contribution is -2.01. The summed E-state index contributed by atoms with van der Waals surface area (Å²) in [4.78, 5) is 0. The van der Waals surface area contributed by atoms with E-state index in [2.05, 4.69) is 10.3 Å². The molecule has 0 aliphatic carbocycles. The predicted octanol–water partition coefficient (Wildman–Crippen LogP) is 0.836. The van der Waals surface area contributed by atoms with Crippen LogP contribution in [0.3, 0.4) is 0 Å². The Labute approximate surface area is 105 Å². The molecule has 96 valence electrons. The van der Waals surface area contributed by atoms with Gasteiger partial charge in [-0.1, -0.05) is 5.21 Å². The average molecular weight is 249 g/mol. The van der Waals surface area contributed by atoms with Crippen LogP contribution in [0.25, 0.3) is 0 Å². The summed E-state index contributed by atoms with van der Waals surface area (Å²) in [5.74, 6) is 1.46. The second-order valence-electron chi connectivity index (χ2n) is 3.79. The van der Waals surface area contributed by atoms with Gasteiger partial charge < -0.3 is 14.6 Å². The molecular weight excluding hydrogens is 234 g/mol. The van der Waals surface area contributed by atoms with E-state index in [0.29, 0.717) is 12.2 Å². The van der Waals surface area contributed by atoms with Gasteiger partial charge in [-0.05, 0) is 17.7 Å². The molecule has 0 saturated heterocycles. The van der Waals surface area contributed by atoms with Crippen molar-refractivity contribution in [2.75, 3.05) is 14.2 Å². The average Bonchev–Trinajstić information content (AvgIpc) is 2.85. The molecule has 1 aromatic heterocycles. The van der Waals surface area contributed by atoms with E-state index >= 15 is 0 Å². The monoisotopic (exact) mass is 249 g/mol. The number of aromatic nitrogens is 3. The van der Waals surface area contributed by atoms with E-state index in [-0.39, 0.29) is 6.61 Å². The zero-order valence-electron chi connectivity index (χ0n) is 10.3. The highest BCUT2D eigenvalue weighted by atomic mass is 16.5. The van der Waals surface area contributed by atoms with E-state index in [4.69, 9.17) is 14.6 Å². The highest BCUT2D eigenvalue weighted by Gasteiger charge is 2.04. The van der Waals surface area contributed by atoms with Crippen molar-refractivity contribution in [1.29, 1.82) is 0 Å². The summed E-state index contributed by atoms with van der Waals surface area (Å²) >= 11 is 0. The smallest absolute Gasteiger partial charge is 0.122 e. The first-order valence-corrected chi connectivity index (χ1v) is 5.47. The molecule has 6 heteroatoms. The molecule has 0 radical (unpaired) electrons. The lowest BCUT2D eigenvalue weighted by Gasteiger charge is -2.08. The van der Waals surface area contributed by atoms with E-state index in [0.717, 1.165) is 17.1 Å². The summed E-state index contributed by atoms with van der Waals surface area (Å²) in [6, 6.07) is 5.62. The lowest BCUT2D eigenvalue weighted by atomic mass is 10.2. The van der Waals surface area contributed by atoms with Gasteiger partial charge in [-0.15, -0.1) is 5.10 Å². The Balaban J connectivity index is 2.22. The first kappa shape index (κ1) is 12.4. The molecule has 0 unspecified atom stereocenters. The van der Waals surface area contributed by atoms with Crippen LogP contribution in [0, 0.1) is 0 Å². The summed E-state index contributed by atoms with van der Waals surface area (Å²) in [6.45, 7) is 0.433. The zero-order valence-corrected chi connectivity index (χ0v) is 10.3. The Kier molecular flexibility index (Phi) is 3.78. The van der Waals surface area contributed by atoms with Crippen LogP contribution < -0.4 is 9.47 Å². The van der Waals surface area contributed by atoms with Crippen molar-refractivity contribution < 1.29 is 14.6 Å². The van der Waals surface area contributed by atoms with Crippen molar-refractivity contribution in [3.05, 3.63) is 35.7 Å². The van der Waals surface area contributed by atoms with Crippen molar-refractivity contribution in [3.8, 4) is 11.5 Å². The van der Waals surface area contributed by atoms with Gasteiger partial charge in [-0.25, -0.2) is 4.68 Å². The van der Waals surface area contributed by atoms with Gasteiger partial charge in [0.05, 0.1) is 33.6 Å². The van der Waals surface area contributed by atoms with Crippen molar-refractivity contribution in [3.63, 3.8) is 0 Å². The molecular formula is C12H15N3O3. The summed E-state index contributed by atoms with van der Waals surface area (Å²) in [6.07, 6.45) is 1.70. The minimum absolute atomic E-state index is 0.110. The third kappa shape index (κ3) is 2.78. The lowest BCUT2D eigenvalue weighted by molar-refractivity contribution is 0.276. The molecule has 0 atom stereocenters. The van der Waals surface area contributed by atoms with E-state index in [1.807, 2.05) is 18.2 Å². The van der Waals surface area contributed by atoms with Crippen LogP contribution in [0.4, 0.5) is 0 Å². The number of rotatable bonds is 5. The normalized spacial score (nSPS) is 10.4. The number of ether oxygens (including phenoxy) is 2. The quantitative estimate of drug-likeness (QED) is 0.850. The van der Waals surface area contributed by atoms with Crippen LogP contribution in [0.1, 0.15) is 11.3 Å². The Bertz CT molecular complexity index is 503. The zero-order chi connectivity index (χ0) is 13.0. The van der Waals surface area contributed by atoms with Crippen LogP contribution >= 0.6 is 0 Å². The third-order valence-corrected chi connectivity index (χ3v) is 2.50. The molecule has 2 rings (SSSR count). The maximum Gasteiger partial charge on any atom is 0.122 e. The standard InChI is InChI=1S/C12H15N3O3/c1-17-11-3-9(4-12(5-11)18-2)6-15-7-10(8-16)13-14-15/h3-5,7,16H,6,8H2,1-2H3. The third-order valence-electron chi connectivity index (χ3n) is 2.50. The fraction of sp³-hybridized carbons (Fsp3) is 0.333. The van der Waals surface area contributed by atoms with Gasteiger partial charge in [-0.2, -0.15) is 0 Å². The van der Waals surface area contributed by atoms with Crippen LogP contribution in [-0.4, -0.2) is 34.3 Å². The molecule has 18 heavy (non-hydrogen) atoms. The van der Waals surface area contributed by atoms with Crippen LogP contribution in [-0.2, 0) is 13.2 Å². The van der Waals surface area contributed by atoms with Crippen molar-refractivity contribution in [2.45, 2.75) is 13.2 Å². The van der Waals surface area contributed by atoms with Gasteiger partial charge in [0.1, 0.15) is 17.2 Å². The fourth-order valence-electron chi connectivity index (χ4n) is 1.63.